The molecule has 3 rings (SSSR count). The molecule has 4 unspecified atom stereocenters. The summed E-state index contributed by atoms with van der Waals surface area (Å²) < 4.78 is 39.7. The number of aromatic nitrogens is 2. The minimum absolute atomic E-state index is 0.0291. The Bertz CT molecular complexity index is 583. The van der Waals surface area contributed by atoms with Crippen LogP contribution in [0.5, 0.6) is 0 Å². The number of carbonyl (C=O) groups excluding carboxylic acids is 1. The number of fused-ring (bicyclic) bond motifs is 1. The van der Waals surface area contributed by atoms with E-state index in [0.717, 1.165) is 30.1 Å². The van der Waals surface area contributed by atoms with Crippen LogP contribution in [-0.2, 0) is 24.6 Å². The summed E-state index contributed by atoms with van der Waals surface area (Å²) in [6.07, 6.45) is -1.19. The highest BCUT2D eigenvalue weighted by Gasteiger charge is 2.47. The molecule has 0 aromatic carbocycles. The van der Waals surface area contributed by atoms with Crippen molar-refractivity contribution < 1.29 is 18.0 Å². The number of halogens is 3. The van der Waals surface area contributed by atoms with Crippen molar-refractivity contribution in [1.29, 1.82) is 0 Å². The summed E-state index contributed by atoms with van der Waals surface area (Å²) in [6, 6.07) is 0.178. The Labute approximate surface area is 126 Å². The highest BCUT2D eigenvalue weighted by molar-refractivity contribution is 5.79. The van der Waals surface area contributed by atoms with E-state index in [0.29, 0.717) is 11.8 Å². The molecule has 0 bridgehead atoms. The van der Waals surface area contributed by atoms with Crippen LogP contribution in [0.1, 0.15) is 30.5 Å². The molecule has 0 aliphatic heterocycles. The van der Waals surface area contributed by atoms with Gasteiger partial charge in [-0.1, -0.05) is 0 Å². The van der Waals surface area contributed by atoms with Crippen LogP contribution in [0.2, 0.25) is 0 Å². The van der Waals surface area contributed by atoms with E-state index >= 15 is 0 Å². The number of nitrogens with zero attached hydrogens (tertiary/aromatic N) is 2. The lowest BCUT2D eigenvalue weighted by Gasteiger charge is -2.37. The molecule has 1 heterocycles. The predicted molar refractivity (Wildman–Crippen MR) is 72.4 cm³/mol. The monoisotopic (exact) mass is 316 g/mol. The maximum atomic E-state index is 12.9. The maximum Gasteiger partial charge on any atom is 0.419 e. The van der Waals surface area contributed by atoms with Crippen molar-refractivity contribution >= 4 is 5.91 Å². The molecular formula is C14H19F3N4O. The smallest absolute Gasteiger partial charge is 0.350 e. The predicted octanol–water partition coefficient (Wildman–Crippen LogP) is 1.43. The van der Waals surface area contributed by atoms with Gasteiger partial charge < -0.3 is 11.1 Å². The number of alkyl halides is 3. The zero-order valence-electron chi connectivity index (χ0n) is 12.2. The van der Waals surface area contributed by atoms with Gasteiger partial charge in [0.2, 0.25) is 5.91 Å². The van der Waals surface area contributed by atoms with Crippen LogP contribution in [-0.4, -0.2) is 21.7 Å². The summed E-state index contributed by atoms with van der Waals surface area (Å²) >= 11 is 0. The molecule has 122 valence electrons. The van der Waals surface area contributed by atoms with E-state index in [-0.39, 0.29) is 30.1 Å². The van der Waals surface area contributed by atoms with E-state index in [2.05, 4.69) is 10.4 Å². The summed E-state index contributed by atoms with van der Waals surface area (Å²) in [5, 5.41) is 6.25. The van der Waals surface area contributed by atoms with Crippen LogP contribution in [0.15, 0.2) is 6.20 Å². The molecule has 1 aromatic rings. The lowest BCUT2D eigenvalue weighted by molar-refractivity contribution is -0.138. The molecule has 2 fully saturated rings. The first-order valence-corrected chi connectivity index (χ1v) is 7.38. The molecule has 0 radical (unpaired) electrons. The van der Waals surface area contributed by atoms with Crippen molar-refractivity contribution in [3.63, 3.8) is 0 Å². The third kappa shape index (κ3) is 2.60. The average molecular weight is 316 g/mol. The second-order valence-corrected chi connectivity index (χ2v) is 6.34. The van der Waals surface area contributed by atoms with Crippen LogP contribution >= 0.6 is 0 Å². The molecule has 0 spiro atoms. The Morgan fingerprint density at radius 2 is 2.18 bits per heavy atom. The van der Waals surface area contributed by atoms with Gasteiger partial charge in [-0.3, -0.25) is 9.48 Å². The summed E-state index contributed by atoms with van der Waals surface area (Å²) in [7, 11) is 1.44. The molecule has 1 amide bonds. The second-order valence-electron chi connectivity index (χ2n) is 6.34. The van der Waals surface area contributed by atoms with Gasteiger partial charge in [0.15, 0.2) is 0 Å². The maximum absolute atomic E-state index is 12.9. The van der Waals surface area contributed by atoms with Crippen molar-refractivity contribution in [2.45, 2.75) is 38.0 Å². The Morgan fingerprint density at radius 3 is 2.77 bits per heavy atom. The molecular weight excluding hydrogens is 297 g/mol. The minimum Gasteiger partial charge on any atom is -0.350 e. The number of hydrogen-bond donors (Lipinski definition) is 2. The molecule has 2 aliphatic carbocycles. The van der Waals surface area contributed by atoms with Gasteiger partial charge in [0.25, 0.3) is 0 Å². The molecule has 3 N–H and O–H groups in total. The van der Waals surface area contributed by atoms with E-state index in [1.54, 1.807) is 0 Å². The van der Waals surface area contributed by atoms with Crippen LogP contribution in [0.3, 0.4) is 0 Å². The first kappa shape index (κ1) is 15.3. The normalized spacial score (nSPS) is 30.8. The lowest BCUT2D eigenvalue weighted by Crippen LogP contribution is -2.44. The molecule has 1 aromatic heterocycles. The number of amides is 1. The van der Waals surface area contributed by atoms with Gasteiger partial charge in [-0.25, -0.2) is 0 Å². The van der Waals surface area contributed by atoms with Gasteiger partial charge in [0.05, 0.1) is 24.0 Å². The van der Waals surface area contributed by atoms with Crippen molar-refractivity contribution in [2.24, 2.45) is 30.5 Å². The first-order valence-electron chi connectivity index (χ1n) is 7.38. The molecule has 8 heteroatoms. The van der Waals surface area contributed by atoms with Crippen LogP contribution < -0.4 is 11.1 Å². The number of carbonyl (C=O) groups is 1. The van der Waals surface area contributed by atoms with E-state index in [1.807, 2.05) is 0 Å². The van der Waals surface area contributed by atoms with Gasteiger partial charge in [-0.2, -0.15) is 18.3 Å². The zero-order valence-corrected chi connectivity index (χ0v) is 12.2. The Balaban J connectivity index is 1.61. The summed E-state index contributed by atoms with van der Waals surface area (Å²) in [6.45, 7) is -0.165. The van der Waals surface area contributed by atoms with E-state index in [9.17, 15) is 18.0 Å². The fourth-order valence-corrected chi connectivity index (χ4v) is 3.72. The quantitative estimate of drug-likeness (QED) is 0.886. The molecule has 2 saturated carbocycles. The van der Waals surface area contributed by atoms with Gasteiger partial charge >= 0.3 is 6.18 Å². The minimum atomic E-state index is -4.46. The fourth-order valence-electron chi connectivity index (χ4n) is 3.72. The number of nitrogens with one attached hydrogen (secondary N) is 1. The summed E-state index contributed by atoms with van der Waals surface area (Å²) in [5.41, 5.74) is 5.07. The van der Waals surface area contributed by atoms with Crippen LogP contribution in [0, 0.1) is 17.8 Å². The van der Waals surface area contributed by atoms with Crippen molar-refractivity contribution in [2.75, 3.05) is 0 Å². The average Bonchev–Trinajstić information content (AvgIpc) is 2.96. The van der Waals surface area contributed by atoms with Gasteiger partial charge in [0.1, 0.15) is 0 Å². The molecule has 0 saturated heterocycles. The number of nitrogens with two attached hydrogens (primary N) is 1. The van der Waals surface area contributed by atoms with Gasteiger partial charge in [0, 0.05) is 19.0 Å². The van der Waals surface area contributed by atoms with Crippen LogP contribution in [0.4, 0.5) is 13.2 Å². The third-order valence-electron chi connectivity index (χ3n) is 5.04. The zero-order chi connectivity index (χ0) is 16.1. The Morgan fingerprint density at radius 1 is 1.45 bits per heavy atom. The Kier molecular flexibility index (Phi) is 3.66. The van der Waals surface area contributed by atoms with E-state index < -0.39 is 11.7 Å². The van der Waals surface area contributed by atoms with Crippen molar-refractivity contribution in [1.82, 2.24) is 15.1 Å². The van der Waals surface area contributed by atoms with Gasteiger partial charge in [-0.15, -0.1) is 0 Å². The number of hydrogen-bond acceptors (Lipinski definition) is 3. The largest absolute Gasteiger partial charge is 0.419 e. The van der Waals surface area contributed by atoms with Crippen molar-refractivity contribution in [3.05, 3.63) is 17.5 Å². The number of rotatable bonds is 3. The SMILES string of the molecule is Cn1ncc(C(F)(F)F)c1CNC(=O)C1CC2CC(N)C2C1. The molecule has 4 atom stereocenters. The first-order chi connectivity index (χ1) is 10.3. The Hall–Kier alpha value is -1.57. The van der Waals surface area contributed by atoms with E-state index in [4.69, 9.17) is 5.73 Å². The molecule has 5 nitrogen and oxygen atoms in total. The van der Waals surface area contributed by atoms with Gasteiger partial charge in [-0.05, 0) is 31.1 Å². The highest BCUT2D eigenvalue weighted by Crippen LogP contribution is 2.48. The number of aryl methyl sites for hydroxylation is 1. The summed E-state index contributed by atoms with van der Waals surface area (Å²) in [5.74, 6) is 0.591. The standard InChI is InChI=1S/C14H19F3N4O/c1-21-12(10(5-20-21)14(15,16)17)6-19-13(22)8-2-7-4-11(18)9(7)3-8/h5,7-9,11H,2-4,6,18H2,1H3,(H,19,22). The fraction of sp³-hybridized carbons (Fsp3) is 0.714. The highest BCUT2D eigenvalue weighted by atomic mass is 19.4. The third-order valence-corrected chi connectivity index (χ3v) is 5.04. The second kappa shape index (κ2) is 5.26. The topological polar surface area (TPSA) is 72.9 Å². The summed E-state index contributed by atoms with van der Waals surface area (Å²) in [4.78, 5) is 12.2. The van der Waals surface area contributed by atoms with Crippen LogP contribution in [0.25, 0.3) is 0 Å². The molecule has 22 heavy (non-hydrogen) atoms. The van der Waals surface area contributed by atoms with E-state index in [1.165, 1.54) is 7.05 Å². The lowest BCUT2D eigenvalue weighted by atomic mass is 9.72. The molecule has 2 aliphatic rings. The van der Waals surface area contributed by atoms with Crippen molar-refractivity contribution in [3.8, 4) is 0 Å².